The number of thiocarbonyl (C=S) groups is 1. The number of anilines is 2. The first kappa shape index (κ1) is 22.7. The van der Waals surface area contributed by atoms with Gasteiger partial charge in [0, 0.05) is 48.4 Å². The molecule has 2 N–H and O–H groups in total. The number of rotatable bonds is 4. The molecule has 2 heterocycles. The number of guanidine groups is 1. The van der Waals surface area contributed by atoms with Gasteiger partial charge in [0.25, 0.3) is 0 Å². The van der Waals surface area contributed by atoms with E-state index in [1.165, 1.54) is 6.42 Å². The largest absolute Gasteiger partial charge is 0.497 e. The fourth-order valence-corrected chi connectivity index (χ4v) is 3.77. The highest BCUT2D eigenvalue weighted by molar-refractivity contribution is 7.80. The number of nitrogens with zero attached hydrogens (tertiary/aromatic N) is 4. The van der Waals surface area contributed by atoms with E-state index in [1.807, 2.05) is 32.0 Å². The fraction of sp³-hybridized carbons (Fsp3) is 0.455. The summed E-state index contributed by atoms with van der Waals surface area (Å²) in [6.45, 7) is 7.93. The number of hydrogen-bond acceptors (Lipinski definition) is 5. The first-order valence-corrected chi connectivity index (χ1v) is 10.7. The van der Waals surface area contributed by atoms with Gasteiger partial charge in [-0.2, -0.15) is 4.99 Å². The average molecular weight is 443 g/mol. The normalized spacial score (nSPS) is 16.6. The summed E-state index contributed by atoms with van der Waals surface area (Å²) in [5.74, 6) is 3.07. The Morgan fingerprint density at radius 2 is 1.71 bits per heavy atom. The van der Waals surface area contributed by atoms with Crippen LogP contribution in [0, 0.1) is 19.8 Å². The van der Waals surface area contributed by atoms with E-state index in [0.717, 1.165) is 36.6 Å². The summed E-state index contributed by atoms with van der Waals surface area (Å²) in [4.78, 5) is 15.9. The second-order valence-corrected chi connectivity index (χ2v) is 8.15. The first-order valence-electron chi connectivity index (χ1n) is 10.3. The predicted molar refractivity (Wildman–Crippen MR) is 128 cm³/mol. The van der Waals surface area contributed by atoms with Crippen LogP contribution in [0.3, 0.4) is 0 Å². The van der Waals surface area contributed by atoms with Gasteiger partial charge in [-0.1, -0.05) is 6.92 Å². The number of nitrogens with one attached hydrogen (secondary N) is 2. The zero-order chi connectivity index (χ0) is 22.4. The van der Waals surface area contributed by atoms with Crippen molar-refractivity contribution in [3.63, 3.8) is 0 Å². The van der Waals surface area contributed by atoms with Crippen LogP contribution < -0.4 is 20.1 Å². The molecule has 0 spiro atoms. The van der Waals surface area contributed by atoms with Gasteiger partial charge < -0.3 is 19.7 Å². The van der Waals surface area contributed by atoms with Crippen LogP contribution in [-0.2, 0) is 0 Å². The van der Waals surface area contributed by atoms with Crippen LogP contribution in [0.2, 0.25) is 0 Å². The van der Waals surface area contributed by atoms with Crippen LogP contribution in [0.15, 0.2) is 29.3 Å². The Kier molecular flexibility index (Phi) is 7.62. The average Bonchev–Trinajstić information content (AvgIpc) is 2.72. The number of hydrogen-bond donors (Lipinski definition) is 2. The van der Waals surface area contributed by atoms with Crippen LogP contribution >= 0.6 is 12.2 Å². The monoisotopic (exact) mass is 442 g/mol. The van der Waals surface area contributed by atoms with Crippen molar-refractivity contribution in [1.29, 1.82) is 0 Å². The number of aliphatic imine (C=N–C) groups is 1. The van der Waals surface area contributed by atoms with Crippen LogP contribution in [0.25, 0.3) is 0 Å². The van der Waals surface area contributed by atoms with Crippen molar-refractivity contribution < 1.29 is 9.47 Å². The first-order chi connectivity index (χ1) is 14.9. The molecule has 3 rings (SSSR count). The molecular formula is C22H30N6O2S. The van der Waals surface area contributed by atoms with Crippen molar-refractivity contribution in [3.05, 3.63) is 35.7 Å². The van der Waals surface area contributed by atoms with Crippen molar-refractivity contribution in [1.82, 2.24) is 14.9 Å². The van der Waals surface area contributed by atoms with Crippen molar-refractivity contribution in [2.75, 3.05) is 37.9 Å². The molecule has 9 heteroatoms. The lowest BCUT2D eigenvalue weighted by atomic mass is 10.0. The minimum atomic E-state index is 0.320. The minimum absolute atomic E-state index is 0.320. The van der Waals surface area contributed by atoms with Gasteiger partial charge in [0.05, 0.1) is 14.2 Å². The maximum absolute atomic E-state index is 5.55. The maximum atomic E-state index is 5.55. The van der Waals surface area contributed by atoms with Gasteiger partial charge in [-0.15, -0.1) is 0 Å². The third-order valence-electron chi connectivity index (χ3n) is 4.97. The highest BCUT2D eigenvalue weighted by atomic mass is 32.1. The van der Waals surface area contributed by atoms with E-state index >= 15 is 0 Å². The SMILES string of the molecule is COc1cc(NC(=S)/N=C(/Nc2nc(C)cc(C)n2)N2CCCC(C)C2)cc(OC)c1. The van der Waals surface area contributed by atoms with Gasteiger partial charge in [-0.25, -0.2) is 9.97 Å². The lowest BCUT2D eigenvalue weighted by molar-refractivity contribution is 0.273. The topological polar surface area (TPSA) is 83.9 Å². The molecule has 166 valence electrons. The molecule has 1 atom stereocenters. The van der Waals surface area contributed by atoms with E-state index in [2.05, 4.69) is 37.4 Å². The molecule has 1 unspecified atom stereocenters. The van der Waals surface area contributed by atoms with Gasteiger partial charge in [-0.05, 0) is 50.9 Å². The summed E-state index contributed by atoms with van der Waals surface area (Å²) in [6, 6.07) is 7.42. The number of benzene rings is 1. The van der Waals surface area contributed by atoms with E-state index in [1.54, 1.807) is 20.3 Å². The standard InChI is InChI=1S/C22H30N6O2S/c1-14-7-6-8-28(13-14)21(26-20-23-15(2)9-16(3)24-20)27-22(31)25-17-10-18(29-4)12-19(11-17)30-5/h9-12,14H,6-8,13H2,1-5H3,(H2,23,24,25,26,27,31). The third kappa shape index (κ3) is 6.52. The number of likely N-dealkylation sites (tertiary alicyclic amines) is 1. The smallest absolute Gasteiger partial charge is 0.229 e. The van der Waals surface area contributed by atoms with Gasteiger partial charge in [0.2, 0.25) is 17.0 Å². The second kappa shape index (κ2) is 10.4. The number of aromatic nitrogens is 2. The Bertz CT molecular complexity index is 923. The van der Waals surface area contributed by atoms with Crippen LogP contribution in [0.1, 0.15) is 31.2 Å². The highest BCUT2D eigenvalue weighted by Crippen LogP contribution is 2.26. The number of aryl methyl sites for hydroxylation is 2. The molecule has 1 aliphatic rings. The Hall–Kier alpha value is -2.94. The number of methoxy groups -OCH3 is 2. The van der Waals surface area contributed by atoms with E-state index in [9.17, 15) is 0 Å². The third-order valence-corrected chi connectivity index (χ3v) is 5.17. The lowest BCUT2D eigenvalue weighted by Gasteiger charge is -2.33. The van der Waals surface area contributed by atoms with Crippen molar-refractivity contribution in [2.45, 2.75) is 33.6 Å². The summed E-state index contributed by atoms with van der Waals surface area (Å²) in [5.41, 5.74) is 2.52. The second-order valence-electron chi connectivity index (χ2n) is 7.76. The Morgan fingerprint density at radius 3 is 2.29 bits per heavy atom. The molecule has 0 bridgehead atoms. The molecule has 8 nitrogen and oxygen atoms in total. The molecule has 1 fully saturated rings. The molecule has 0 radical (unpaired) electrons. The van der Waals surface area contributed by atoms with Crippen LogP contribution in [0.5, 0.6) is 11.5 Å². The summed E-state index contributed by atoms with van der Waals surface area (Å²) >= 11 is 5.55. The van der Waals surface area contributed by atoms with Crippen LogP contribution in [0.4, 0.5) is 11.6 Å². The molecule has 2 aromatic rings. The van der Waals surface area contributed by atoms with Crippen LogP contribution in [-0.4, -0.2) is 53.2 Å². The van der Waals surface area contributed by atoms with Crippen molar-refractivity contribution in [2.24, 2.45) is 10.9 Å². The molecule has 0 amide bonds. The highest BCUT2D eigenvalue weighted by Gasteiger charge is 2.21. The molecule has 0 aliphatic carbocycles. The van der Waals surface area contributed by atoms with E-state index in [4.69, 9.17) is 21.7 Å². The van der Waals surface area contributed by atoms with E-state index in [-0.39, 0.29) is 0 Å². The zero-order valence-electron chi connectivity index (χ0n) is 18.7. The fourth-order valence-electron chi connectivity index (χ4n) is 3.57. The summed E-state index contributed by atoms with van der Waals surface area (Å²) in [6.07, 6.45) is 2.30. The molecule has 31 heavy (non-hydrogen) atoms. The van der Waals surface area contributed by atoms with Crippen molar-refractivity contribution in [3.8, 4) is 11.5 Å². The van der Waals surface area contributed by atoms with Crippen molar-refractivity contribution >= 4 is 34.9 Å². The minimum Gasteiger partial charge on any atom is -0.497 e. The summed E-state index contributed by atoms with van der Waals surface area (Å²) in [5, 5.41) is 6.77. The lowest BCUT2D eigenvalue weighted by Crippen LogP contribution is -2.43. The Labute approximate surface area is 189 Å². The number of piperidine rings is 1. The molecule has 0 saturated carbocycles. The van der Waals surface area contributed by atoms with E-state index in [0.29, 0.717) is 34.4 Å². The van der Waals surface area contributed by atoms with Gasteiger partial charge in [0.1, 0.15) is 11.5 Å². The predicted octanol–water partition coefficient (Wildman–Crippen LogP) is 4.01. The number of ether oxygens (including phenoxy) is 2. The molecule has 1 aromatic heterocycles. The molecular weight excluding hydrogens is 412 g/mol. The maximum Gasteiger partial charge on any atom is 0.229 e. The van der Waals surface area contributed by atoms with Gasteiger partial charge >= 0.3 is 0 Å². The molecule has 1 saturated heterocycles. The Morgan fingerprint density at radius 1 is 1.06 bits per heavy atom. The summed E-state index contributed by atoms with van der Waals surface area (Å²) in [7, 11) is 3.22. The molecule has 1 aromatic carbocycles. The molecule has 1 aliphatic heterocycles. The van der Waals surface area contributed by atoms with Gasteiger partial charge in [-0.3, -0.25) is 5.32 Å². The quantitative estimate of drug-likeness (QED) is 0.418. The summed E-state index contributed by atoms with van der Waals surface area (Å²) < 4.78 is 10.7. The Balaban J connectivity index is 1.86. The van der Waals surface area contributed by atoms with E-state index < -0.39 is 0 Å². The zero-order valence-corrected chi connectivity index (χ0v) is 19.5. The van der Waals surface area contributed by atoms with Gasteiger partial charge in [0.15, 0.2) is 0 Å².